The number of rotatable bonds is 4. The highest BCUT2D eigenvalue weighted by atomic mass is 15.0. The topological polar surface area (TPSA) is 37.8 Å². The van der Waals surface area contributed by atoms with Crippen molar-refractivity contribution >= 4 is 5.82 Å². The Balaban J connectivity index is 1.86. The summed E-state index contributed by atoms with van der Waals surface area (Å²) in [6.07, 6.45) is 3.60. The number of benzene rings is 2. The fraction of sp³-hybridized carbons (Fsp3) is 0.200. The average Bonchev–Trinajstić information content (AvgIpc) is 2.53. The molecule has 0 aliphatic carbocycles. The second-order valence-corrected chi connectivity index (χ2v) is 5.90. The van der Waals surface area contributed by atoms with Crippen LogP contribution in [0.15, 0.2) is 54.9 Å². The molecule has 2 aromatic carbocycles. The molecule has 0 radical (unpaired) electrons. The SMILES string of the molecule is Cc1cc(C)c(-c2cncc(NCc3ccccc3)n2)c(C)c1. The molecule has 0 spiro atoms. The van der Waals surface area contributed by atoms with Gasteiger partial charge in [-0.15, -0.1) is 0 Å². The summed E-state index contributed by atoms with van der Waals surface area (Å²) in [6, 6.07) is 14.7. The second-order valence-electron chi connectivity index (χ2n) is 5.90. The van der Waals surface area contributed by atoms with Crippen molar-refractivity contribution in [1.29, 1.82) is 0 Å². The van der Waals surface area contributed by atoms with Crippen molar-refractivity contribution in [3.8, 4) is 11.3 Å². The fourth-order valence-corrected chi connectivity index (χ4v) is 2.94. The standard InChI is InChI=1S/C20H21N3/c1-14-9-15(2)20(16(3)10-14)18-12-21-13-19(23-18)22-11-17-7-5-4-6-8-17/h4-10,12-13H,11H2,1-3H3,(H,22,23). The zero-order valence-electron chi connectivity index (χ0n) is 13.8. The molecule has 1 heterocycles. The molecular formula is C20H21N3. The number of hydrogen-bond donors (Lipinski definition) is 1. The second kappa shape index (κ2) is 6.61. The zero-order chi connectivity index (χ0) is 16.2. The van der Waals surface area contributed by atoms with Crippen molar-refractivity contribution in [3.63, 3.8) is 0 Å². The van der Waals surface area contributed by atoms with Gasteiger partial charge in [-0.3, -0.25) is 4.98 Å². The molecule has 0 aliphatic rings. The lowest BCUT2D eigenvalue weighted by atomic mass is 9.98. The smallest absolute Gasteiger partial charge is 0.145 e. The van der Waals surface area contributed by atoms with Crippen LogP contribution in [0, 0.1) is 20.8 Å². The van der Waals surface area contributed by atoms with Crippen molar-refractivity contribution in [3.05, 3.63) is 77.1 Å². The number of anilines is 1. The summed E-state index contributed by atoms with van der Waals surface area (Å²) in [7, 11) is 0. The molecule has 0 saturated heterocycles. The van der Waals surface area contributed by atoms with Crippen LogP contribution in [0.4, 0.5) is 5.82 Å². The van der Waals surface area contributed by atoms with Crippen LogP contribution >= 0.6 is 0 Å². The van der Waals surface area contributed by atoms with Gasteiger partial charge >= 0.3 is 0 Å². The molecule has 23 heavy (non-hydrogen) atoms. The van der Waals surface area contributed by atoms with Crippen LogP contribution in [0.3, 0.4) is 0 Å². The van der Waals surface area contributed by atoms with Crippen LogP contribution in [0.1, 0.15) is 22.3 Å². The summed E-state index contributed by atoms with van der Waals surface area (Å²) in [4.78, 5) is 9.09. The van der Waals surface area contributed by atoms with Crippen molar-refractivity contribution in [2.45, 2.75) is 27.3 Å². The Morgan fingerprint density at radius 3 is 2.30 bits per heavy atom. The minimum atomic E-state index is 0.741. The van der Waals surface area contributed by atoms with E-state index in [1.54, 1.807) is 6.20 Å². The zero-order valence-corrected chi connectivity index (χ0v) is 13.8. The van der Waals surface area contributed by atoms with Crippen LogP contribution < -0.4 is 5.32 Å². The lowest BCUT2D eigenvalue weighted by Gasteiger charge is -2.12. The van der Waals surface area contributed by atoms with Crippen molar-refractivity contribution in [1.82, 2.24) is 9.97 Å². The molecule has 3 heteroatoms. The van der Waals surface area contributed by atoms with E-state index in [0.717, 1.165) is 18.1 Å². The molecule has 0 amide bonds. The van der Waals surface area contributed by atoms with Crippen LogP contribution in [0.2, 0.25) is 0 Å². The highest BCUT2D eigenvalue weighted by molar-refractivity contribution is 5.68. The summed E-state index contributed by atoms with van der Waals surface area (Å²) in [5.41, 5.74) is 7.05. The van der Waals surface area contributed by atoms with Crippen LogP contribution in [-0.2, 0) is 6.54 Å². The van der Waals surface area contributed by atoms with Crippen molar-refractivity contribution < 1.29 is 0 Å². The minimum Gasteiger partial charge on any atom is -0.365 e. The Hall–Kier alpha value is -2.68. The predicted octanol–water partition coefficient (Wildman–Crippen LogP) is 4.68. The Morgan fingerprint density at radius 2 is 1.61 bits per heavy atom. The summed E-state index contributed by atoms with van der Waals surface area (Å²) in [6.45, 7) is 7.11. The molecule has 0 unspecified atom stereocenters. The number of nitrogens with zero attached hydrogens (tertiary/aromatic N) is 2. The maximum atomic E-state index is 4.74. The molecule has 3 nitrogen and oxygen atoms in total. The Kier molecular flexibility index (Phi) is 4.38. The van der Waals surface area contributed by atoms with Crippen LogP contribution in [-0.4, -0.2) is 9.97 Å². The van der Waals surface area contributed by atoms with E-state index in [0.29, 0.717) is 0 Å². The lowest BCUT2D eigenvalue weighted by molar-refractivity contribution is 1.09. The lowest BCUT2D eigenvalue weighted by Crippen LogP contribution is -2.03. The fourth-order valence-electron chi connectivity index (χ4n) is 2.94. The molecule has 1 N–H and O–H groups in total. The van der Waals surface area contributed by atoms with Gasteiger partial charge < -0.3 is 5.32 Å². The third-order valence-corrected chi connectivity index (χ3v) is 3.88. The van der Waals surface area contributed by atoms with Gasteiger partial charge in [0, 0.05) is 12.1 Å². The number of aromatic nitrogens is 2. The molecule has 0 fully saturated rings. The summed E-state index contributed by atoms with van der Waals surface area (Å²) in [5, 5.41) is 3.35. The van der Waals surface area contributed by atoms with Gasteiger partial charge in [-0.25, -0.2) is 4.98 Å². The average molecular weight is 303 g/mol. The van der Waals surface area contributed by atoms with E-state index in [2.05, 4.69) is 55.3 Å². The van der Waals surface area contributed by atoms with E-state index < -0.39 is 0 Å². The van der Waals surface area contributed by atoms with E-state index in [4.69, 9.17) is 4.98 Å². The van der Waals surface area contributed by atoms with E-state index in [-0.39, 0.29) is 0 Å². The first kappa shape index (κ1) is 15.2. The Morgan fingerprint density at radius 1 is 0.913 bits per heavy atom. The molecule has 0 aliphatic heterocycles. The van der Waals surface area contributed by atoms with Crippen LogP contribution in [0.5, 0.6) is 0 Å². The minimum absolute atomic E-state index is 0.741. The normalized spacial score (nSPS) is 10.6. The third kappa shape index (κ3) is 3.57. The van der Waals surface area contributed by atoms with Gasteiger partial charge in [0.1, 0.15) is 5.82 Å². The molecule has 0 atom stereocenters. The van der Waals surface area contributed by atoms with E-state index in [1.807, 2.05) is 24.4 Å². The van der Waals surface area contributed by atoms with E-state index >= 15 is 0 Å². The van der Waals surface area contributed by atoms with Crippen molar-refractivity contribution in [2.75, 3.05) is 5.32 Å². The number of aryl methyl sites for hydroxylation is 3. The van der Waals surface area contributed by atoms with E-state index in [9.17, 15) is 0 Å². The third-order valence-electron chi connectivity index (χ3n) is 3.88. The van der Waals surface area contributed by atoms with Gasteiger partial charge in [0.25, 0.3) is 0 Å². The summed E-state index contributed by atoms with van der Waals surface area (Å²) in [5.74, 6) is 0.797. The maximum Gasteiger partial charge on any atom is 0.145 e. The molecule has 3 rings (SSSR count). The quantitative estimate of drug-likeness (QED) is 0.760. The highest BCUT2D eigenvalue weighted by Crippen LogP contribution is 2.27. The molecule has 1 aromatic heterocycles. The molecule has 3 aromatic rings. The van der Waals surface area contributed by atoms with Crippen LogP contribution in [0.25, 0.3) is 11.3 Å². The monoisotopic (exact) mass is 303 g/mol. The maximum absolute atomic E-state index is 4.74. The molecule has 0 bridgehead atoms. The Bertz CT molecular complexity index is 787. The molecule has 0 saturated carbocycles. The largest absolute Gasteiger partial charge is 0.365 e. The molecular weight excluding hydrogens is 282 g/mol. The first-order chi connectivity index (χ1) is 11.1. The highest BCUT2D eigenvalue weighted by Gasteiger charge is 2.09. The van der Waals surface area contributed by atoms with Crippen molar-refractivity contribution in [2.24, 2.45) is 0 Å². The number of nitrogens with one attached hydrogen (secondary N) is 1. The van der Waals surface area contributed by atoms with Gasteiger partial charge in [0.15, 0.2) is 0 Å². The van der Waals surface area contributed by atoms with Gasteiger partial charge in [-0.05, 0) is 37.5 Å². The molecule has 116 valence electrons. The first-order valence-corrected chi connectivity index (χ1v) is 7.81. The summed E-state index contributed by atoms with van der Waals surface area (Å²) < 4.78 is 0. The summed E-state index contributed by atoms with van der Waals surface area (Å²) >= 11 is 0. The van der Waals surface area contributed by atoms with Gasteiger partial charge in [0.2, 0.25) is 0 Å². The Labute approximate surface area is 137 Å². The predicted molar refractivity (Wildman–Crippen MR) is 95.4 cm³/mol. The number of hydrogen-bond acceptors (Lipinski definition) is 3. The van der Waals surface area contributed by atoms with Gasteiger partial charge in [-0.2, -0.15) is 0 Å². The van der Waals surface area contributed by atoms with E-state index in [1.165, 1.54) is 27.8 Å². The van der Waals surface area contributed by atoms with Gasteiger partial charge in [0.05, 0.1) is 18.1 Å². The van der Waals surface area contributed by atoms with Gasteiger partial charge in [-0.1, -0.05) is 48.0 Å². The first-order valence-electron chi connectivity index (χ1n) is 7.81.